The van der Waals surface area contributed by atoms with E-state index in [2.05, 4.69) is 37.7 Å². The molecule has 0 saturated heterocycles. The summed E-state index contributed by atoms with van der Waals surface area (Å²) < 4.78 is 2.23. The zero-order valence-electron chi connectivity index (χ0n) is 9.11. The Morgan fingerprint density at radius 2 is 2.22 bits per heavy atom. The molecule has 0 radical (unpaired) electrons. The summed E-state index contributed by atoms with van der Waals surface area (Å²) in [5.74, 6) is 0. The number of fused-ring (bicyclic) bond motifs is 1. The number of hydrogen-bond acceptors (Lipinski definition) is 4. The van der Waals surface area contributed by atoms with Gasteiger partial charge < -0.3 is 5.32 Å². The molecule has 92 valence electrons. The second-order valence-corrected chi connectivity index (χ2v) is 7.09. The average Bonchev–Trinajstić information content (AvgIpc) is 2.92. The monoisotopic (exact) mass is 358 g/mol. The summed E-state index contributed by atoms with van der Waals surface area (Å²) in [6.45, 7) is 0.795. The third-order valence-electron chi connectivity index (χ3n) is 2.39. The first-order valence-corrected chi connectivity index (χ1v) is 8.10. The Morgan fingerprint density at radius 3 is 3.00 bits per heavy atom. The van der Waals surface area contributed by atoms with E-state index in [-0.39, 0.29) is 0 Å². The Morgan fingerprint density at radius 1 is 1.33 bits per heavy atom. The molecule has 0 saturated carbocycles. The van der Waals surface area contributed by atoms with Gasteiger partial charge in [0.1, 0.15) is 0 Å². The number of nitrogens with zero attached hydrogens (tertiary/aromatic N) is 1. The van der Waals surface area contributed by atoms with E-state index in [1.54, 1.807) is 22.7 Å². The van der Waals surface area contributed by atoms with Crippen LogP contribution in [0.2, 0.25) is 5.02 Å². The van der Waals surface area contributed by atoms with Crippen LogP contribution in [0, 0.1) is 0 Å². The Hall–Kier alpha value is -0.620. The summed E-state index contributed by atoms with van der Waals surface area (Å²) in [4.78, 5) is 5.79. The molecule has 3 aromatic rings. The molecule has 1 N–H and O–H groups in total. The van der Waals surface area contributed by atoms with Gasteiger partial charge in [0.2, 0.25) is 0 Å². The maximum atomic E-state index is 5.96. The zero-order valence-corrected chi connectivity index (χ0v) is 13.1. The summed E-state index contributed by atoms with van der Waals surface area (Å²) in [5, 5.41) is 7.09. The van der Waals surface area contributed by atoms with Crippen LogP contribution in [0.1, 0.15) is 4.88 Å². The van der Waals surface area contributed by atoms with Crippen LogP contribution in [-0.4, -0.2) is 4.98 Å². The first-order chi connectivity index (χ1) is 8.70. The normalized spacial score (nSPS) is 11.0. The van der Waals surface area contributed by atoms with E-state index in [1.165, 1.54) is 4.88 Å². The first-order valence-electron chi connectivity index (χ1n) is 5.23. The zero-order chi connectivity index (χ0) is 12.5. The van der Waals surface area contributed by atoms with Crippen molar-refractivity contribution >= 4 is 65.6 Å². The Balaban J connectivity index is 1.78. The van der Waals surface area contributed by atoms with Crippen LogP contribution in [0.4, 0.5) is 5.13 Å². The number of halogens is 2. The highest BCUT2D eigenvalue weighted by Crippen LogP contribution is 2.29. The number of thiophene rings is 1. The SMILES string of the molecule is Clc1ccc2nc(NCc3cc(Br)cs3)sc2c1. The van der Waals surface area contributed by atoms with Crippen LogP contribution in [-0.2, 0) is 6.54 Å². The highest BCUT2D eigenvalue weighted by Gasteiger charge is 2.04. The van der Waals surface area contributed by atoms with Gasteiger partial charge >= 0.3 is 0 Å². The molecule has 2 aromatic heterocycles. The largest absolute Gasteiger partial charge is 0.357 e. The summed E-state index contributed by atoms with van der Waals surface area (Å²) in [6.07, 6.45) is 0. The van der Waals surface area contributed by atoms with Crippen molar-refractivity contribution < 1.29 is 0 Å². The lowest BCUT2D eigenvalue weighted by Crippen LogP contribution is -1.95. The lowest BCUT2D eigenvalue weighted by Gasteiger charge is -1.98. The minimum absolute atomic E-state index is 0.750. The van der Waals surface area contributed by atoms with Crippen molar-refractivity contribution in [2.45, 2.75) is 6.54 Å². The lowest BCUT2D eigenvalue weighted by molar-refractivity contribution is 1.18. The van der Waals surface area contributed by atoms with Crippen LogP contribution in [0.5, 0.6) is 0 Å². The van der Waals surface area contributed by atoms with Crippen molar-refractivity contribution in [1.29, 1.82) is 0 Å². The van der Waals surface area contributed by atoms with Crippen LogP contribution >= 0.6 is 50.2 Å². The van der Waals surface area contributed by atoms with Crippen LogP contribution in [0.25, 0.3) is 10.2 Å². The predicted molar refractivity (Wildman–Crippen MR) is 84.0 cm³/mol. The molecule has 0 amide bonds. The molecule has 6 heteroatoms. The van der Waals surface area contributed by atoms with E-state index in [0.717, 1.165) is 31.4 Å². The number of benzene rings is 1. The first kappa shape index (κ1) is 12.4. The second-order valence-electron chi connectivity index (χ2n) is 3.72. The number of nitrogens with one attached hydrogen (secondary N) is 1. The van der Waals surface area contributed by atoms with Crippen molar-refractivity contribution in [3.63, 3.8) is 0 Å². The molecule has 0 aliphatic carbocycles. The average molecular weight is 360 g/mol. The molecule has 1 aromatic carbocycles. The van der Waals surface area contributed by atoms with Gasteiger partial charge in [0.05, 0.1) is 16.8 Å². The van der Waals surface area contributed by atoms with Gasteiger partial charge in [-0.05, 0) is 40.2 Å². The molecule has 0 atom stereocenters. The minimum atomic E-state index is 0.750. The molecule has 18 heavy (non-hydrogen) atoms. The summed E-state index contributed by atoms with van der Waals surface area (Å²) >= 11 is 12.8. The van der Waals surface area contributed by atoms with E-state index in [1.807, 2.05) is 18.2 Å². The molecule has 0 unspecified atom stereocenters. The maximum Gasteiger partial charge on any atom is 0.184 e. The van der Waals surface area contributed by atoms with E-state index in [9.17, 15) is 0 Å². The maximum absolute atomic E-state index is 5.96. The second kappa shape index (κ2) is 5.17. The van der Waals surface area contributed by atoms with Gasteiger partial charge in [0, 0.05) is 19.8 Å². The van der Waals surface area contributed by atoms with Gasteiger partial charge in [-0.1, -0.05) is 22.9 Å². The number of thiazole rings is 1. The van der Waals surface area contributed by atoms with E-state index in [0.29, 0.717) is 0 Å². The predicted octanol–water partition coefficient (Wildman–Crippen LogP) is 5.39. The Kier molecular flexibility index (Phi) is 3.56. The summed E-state index contributed by atoms with van der Waals surface area (Å²) in [5.41, 5.74) is 0.985. The molecule has 0 spiro atoms. The fourth-order valence-electron chi connectivity index (χ4n) is 1.58. The standard InChI is InChI=1S/C12H8BrClN2S2/c13-7-3-9(17-6-7)5-15-12-16-10-2-1-8(14)4-11(10)18-12/h1-4,6H,5H2,(H,15,16). The quantitative estimate of drug-likeness (QED) is 0.678. The lowest BCUT2D eigenvalue weighted by atomic mass is 10.3. The van der Waals surface area contributed by atoms with Gasteiger partial charge in [-0.25, -0.2) is 4.98 Å². The molecule has 0 aliphatic heterocycles. The van der Waals surface area contributed by atoms with Crippen molar-refractivity contribution in [3.8, 4) is 0 Å². The van der Waals surface area contributed by atoms with Gasteiger partial charge in [-0.15, -0.1) is 11.3 Å². The fourth-order valence-corrected chi connectivity index (χ4v) is 4.11. The van der Waals surface area contributed by atoms with E-state index < -0.39 is 0 Å². The summed E-state index contributed by atoms with van der Waals surface area (Å²) in [6, 6.07) is 7.87. The molecular weight excluding hydrogens is 352 g/mol. The van der Waals surface area contributed by atoms with Crippen molar-refractivity contribution in [2.24, 2.45) is 0 Å². The number of aromatic nitrogens is 1. The molecule has 0 fully saturated rings. The van der Waals surface area contributed by atoms with Crippen LogP contribution in [0.3, 0.4) is 0 Å². The minimum Gasteiger partial charge on any atom is -0.357 e. The Bertz CT molecular complexity index is 692. The number of anilines is 1. The Labute approximate surface area is 126 Å². The smallest absolute Gasteiger partial charge is 0.184 e. The highest BCUT2D eigenvalue weighted by molar-refractivity contribution is 9.10. The molecule has 0 bridgehead atoms. The van der Waals surface area contributed by atoms with Crippen molar-refractivity contribution in [2.75, 3.05) is 5.32 Å². The fraction of sp³-hybridized carbons (Fsp3) is 0.0833. The van der Waals surface area contributed by atoms with Gasteiger partial charge in [0.25, 0.3) is 0 Å². The van der Waals surface area contributed by atoms with E-state index >= 15 is 0 Å². The number of rotatable bonds is 3. The van der Waals surface area contributed by atoms with Gasteiger partial charge in [-0.2, -0.15) is 0 Å². The molecule has 2 heterocycles. The van der Waals surface area contributed by atoms with Crippen LogP contribution < -0.4 is 5.32 Å². The topological polar surface area (TPSA) is 24.9 Å². The van der Waals surface area contributed by atoms with E-state index in [4.69, 9.17) is 11.6 Å². The third-order valence-corrected chi connectivity index (χ3v) is 5.29. The van der Waals surface area contributed by atoms with Crippen molar-refractivity contribution in [3.05, 3.63) is 44.0 Å². The van der Waals surface area contributed by atoms with Crippen molar-refractivity contribution in [1.82, 2.24) is 4.98 Å². The van der Waals surface area contributed by atoms with Gasteiger partial charge in [-0.3, -0.25) is 0 Å². The number of hydrogen-bond donors (Lipinski definition) is 1. The summed E-state index contributed by atoms with van der Waals surface area (Å²) in [7, 11) is 0. The third kappa shape index (κ3) is 2.69. The molecule has 3 rings (SSSR count). The van der Waals surface area contributed by atoms with Crippen LogP contribution in [0.15, 0.2) is 34.1 Å². The van der Waals surface area contributed by atoms with Gasteiger partial charge in [0.15, 0.2) is 5.13 Å². The molecular formula is C12H8BrClN2S2. The highest BCUT2D eigenvalue weighted by atomic mass is 79.9. The molecule has 2 nitrogen and oxygen atoms in total. The molecule has 0 aliphatic rings.